The van der Waals surface area contributed by atoms with Gasteiger partial charge in [-0.2, -0.15) is 8.42 Å². The molecule has 1 aromatic rings. The second-order valence-electron chi connectivity index (χ2n) is 5.67. The molecule has 1 unspecified atom stereocenters. The molecule has 6 nitrogen and oxygen atoms in total. The average molecular weight is 323 g/mol. The molecule has 1 aliphatic heterocycles. The second-order valence-corrected chi connectivity index (χ2v) is 7.42. The van der Waals surface area contributed by atoms with Crippen LogP contribution in [0.4, 0.5) is 0 Å². The Morgan fingerprint density at radius 3 is 2.27 bits per heavy atom. The molecule has 1 atom stereocenters. The second kappa shape index (κ2) is 5.72. The third kappa shape index (κ3) is 2.49. The van der Waals surface area contributed by atoms with Crippen LogP contribution < -0.4 is 0 Å². The first-order valence-electron chi connectivity index (χ1n) is 7.38. The first-order chi connectivity index (χ1) is 10.5. The maximum Gasteiger partial charge on any atom is 0.346 e. The van der Waals surface area contributed by atoms with Crippen LogP contribution in [0.1, 0.15) is 32.1 Å². The van der Waals surface area contributed by atoms with Gasteiger partial charge in [-0.1, -0.05) is 41.9 Å². The first kappa shape index (κ1) is 15.0. The van der Waals surface area contributed by atoms with Gasteiger partial charge in [-0.05, 0) is 30.9 Å². The molecule has 3 rings (SSSR count). The molecule has 22 heavy (non-hydrogen) atoms. The summed E-state index contributed by atoms with van der Waals surface area (Å²) in [4.78, 5) is 29.2. The van der Waals surface area contributed by atoms with Crippen LogP contribution in [-0.4, -0.2) is 24.8 Å². The first-order valence-corrected chi connectivity index (χ1v) is 8.82. The molecule has 1 saturated heterocycles. The Hall–Kier alpha value is -1.89. The van der Waals surface area contributed by atoms with Gasteiger partial charge < -0.3 is 4.84 Å². The lowest BCUT2D eigenvalue weighted by Gasteiger charge is -2.23. The number of sulfonamides is 1. The molecule has 118 valence electrons. The number of carbonyl (C=O) groups excluding carboxylic acids is 2. The Morgan fingerprint density at radius 2 is 1.64 bits per heavy atom. The molecule has 0 N–H and O–H groups in total. The van der Waals surface area contributed by atoms with Crippen LogP contribution in [0.5, 0.6) is 0 Å². The highest BCUT2D eigenvalue weighted by Crippen LogP contribution is 2.36. The maximum absolute atomic E-state index is 12.4. The summed E-state index contributed by atoms with van der Waals surface area (Å²) in [6, 6.07) is 7.50. The zero-order chi connectivity index (χ0) is 15.7. The van der Waals surface area contributed by atoms with E-state index in [4.69, 9.17) is 4.84 Å². The van der Waals surface area contributed by atoms with Crippen molar-refractivity contribution in [2.24, 2.45) is 11.8 Å². The van der Waals surface area contributed by atoms with Gasteiger partial charge in [-0.25, -0.2) is 4.79 Å². The van der Waals surface area contributed by atoms with Gasteiger partial charge >= 0.3 is 5.97 Å². The molecule has 2 aliphatic rings. The molecule has 1 aliphatic carbocycles. The molecule has 0 radical (unpaired) electrons. The molecular formula is C15H17NO5S. The molecular weight excluding hydrogens is 306 g/mol. The minimum atomic E-state index is -4.15. The molecule has 0 aromatic heterocycles. The minimum absolute atomic E-state index is 0.0690. The number of rotatable bonds is 3. The van der Waals surface area contributed by atoms with Gasteiger partial charge in [0.15, 0.2) is 0 Å². The lowest BCUT2D eigenvalue weighted by Crippen LogP contribution is -2.35. The van der Waals surface area contributed by atoms with Crippen LogP contribution in [0.15, 0.2) is 35.2 Å². The third-order valence-corrected chi connectivity index (χ3v) is 5.81. The van der Waals surface area contributed by atoms with Crippen LogP contribution in [0.3, 0.4) is 0 Å². The number of hydrogen-bond acceptors (Lipinski definition) is 5. The highest BCUT2D eigenvalue weighted by atomic mass is 32.2. The van der Waals surface area contributed by atoms with E-state index >= 15 is 0 Å². The van der Waals surface area contributed by atoms with E-state index in [9.17, 15) is 18.0 Å². The van der Waals surface area contributed by atoms with E-state index in [-0.39, 0.29) is 15.3 Å². The Morgan fingerprint density at radius 1 is 1.00 bits per heavy atom. The van der Waals surface area contributed by atoms with Gasteiger partial charge in [-0.3, -0.25) is 4.79 Å². The zero-order valence-corrected chi connectivity index (χ0v) is 12.8. The number of nitrogens with zero attached hydrogens (tertiary/aromatic N) is 1. The lowest BCUT2D eigenvalue weighted by molar-refractivity contribution is -0.161. The number of benzene rings is 1. The van der Waals surface area contributed by atoms with E-state index < -0.39 is 27.8 Å². The molecule has 2 fully saturated rings. The SMILES string of the molecule is O=C1ON(S(=O)(=O)c2ccccc2)C(=O)C1C1CCCCC1. The predicted molar refractivity (Wildman–Crippen MR) is 76.6 cm³/mol. The Balaban J connectivity index is 1.87. The molecule has 1 aromatic carbocycles. The highest BCUT2D eigenvalue weighted by molar-refractivity contribution is 7.89. The number of hydroxylamine groups is 1. The summed E-state index contributed by atoms with van der Waals surface area (Å²) in [6.07, 6.45) is 4.49. The van der Waals surface area contributed by atoms with Gasteiger partial charge in [0.05, 0.1) is 4.90 Å². The van der Waals surface area contributed by atoms with Crippen LogP contribution in [0, 0.1) is 11.8 Å². The largest absolute Gasteiger partial charge is 0.346 e. The fraction of sp³-hybridized carbons (Fsp3) is 0.467. The van der Waals surface area contributed by atoms with Crippen molar-refractivity contribution >= 4 is 21.9 Å². The summed E-state index contributed by atoms with van der Waals surface area (Å²) in [5.41, 5.74) is 0. The molecule has 0 bridgehead atoms. The van der Waals surface area contributed by atoms with E-state index in [1.165, 1.54) is 12.1 Å². The lowest BCUT2D eigenvalue weighted by atomic mass is 9.80. The van der Waals surface area contributed by atoms with Crippen molar-refractivity contribution in [3.8, 4) is 0 Å². The van der Waals surface area contributed by atoms with Crippen molar-refractivity contribution in [2.75, 3.05) is 0 Å². The monoisotopic (exact) mass is 323 g/mol. The molecule has 1 saturated carbocycles. The van der Waals surface area contributed by atoms with Crippen LogP contribution in [-0.2, 0) is 24.4 Å². The van der Waals surface area contributed by atoms with E-state index in [2.05, 4.69) is 0 Å². The van der Waals surface area contributed by atoms with Gasteiger partial charge in [0.1, 0.15) is 5.92 Å². The van der Waals surface area contributed by atoms with Gasteiger partial charge in [-0.15, -0.1) is 0 Å². The molecule has 0 spiro atoms. The van der Waals surface area contributed by atoms with Gasteiger partial charge in [0.2, 0.25) is 0 Å². The molecule has 1 amide bonds. The van der Waals surface area contributed by atoms with Crippen LogP contribution in [0.25, 0.3) is 0 Å². The van der Waals surface area contributed by atoms with Crippen LogP contribution >= 0.6 is 0 Å². The Bertz CT molecular complexity index is 679. The van der Waals surface area contributed by atoms with E-state index in [0.29, 0.717) is 0 Å². The highest BCUT2D eigenvalue weighted by Gasteiger charge is 2.51. The van der Waals surface area contributed by atoms with Crippen molar-refractivity contribution in [3.63, 3.8) is 0 Å². The normalized spacial score (nSPS) is 23.6. The summed E-state index contributed by atoms with van der Waals surface area (Å²) in [7, 11) is -4.15. The number of hydrogen-bond donors (Lipinski definition) is 0. The maximum atomic E-state index is 12.4. The summed E-state index contributed by atoms with van der Waals surface area (Å²) in [5, 5.41) is 0. The number of carbonyl (C=O) groups is 2. The third-order valence-electron chi connectivity index (χ3n) is 4.25. The van der Waals surface area contributed by atoms with E-state index in [1.54, 1.807) is 18.2 Å². The van der Waals surface area contributed by atoms with Gasteiger partial charge in [0, 0.05) is 0 Å². The van der Waals surface area contributed by atoms with Crippen molar-refractivity contribution < 1.29 is 22.8 Å². The summed E-state index contributed by atoms with van der Waals surface area (Å²) in [6.45, 7) is 0. The summed E-state index contributed by atoms with van der Waals surface area (Å²) >= 11 is 0. The van der Waals surface area contributed by atoms with Gasteiger partial charge in [0.25, 0.3) is 15.9 Å². The predicted octanol–water partition coefficient (Wildman–Crippen LogP) is 1.87. The van der Waals surface area contributed by atoms with Crippen molar-refractivity contribution in [1.29, 1.82) is 0 Å². The smallest absolute Gasteiger partial charge is 0.322 e. The van der Waals surface area contributed by atoms with E-state index in [1.807, 2.05) is 0 Å². The summed E-state index contributed by atoms with van der Waals surface area (Å²) < 4.78 is 25.2. The minimum Gasteiger partial charge on any atom is -0.322 e. The van der Waals surface area contributed by atoms with E-state index in [0.717, 1.165) is 32.1 Å². The fourth-order valence-corrected chi connectivity index (χ4v) is 4.33. The van der Waals surface area contributed by atoms with Crippen LogP contribution in [0.2, 0.25) is 0 Å². The van der Waals surface area contributed by atoms with Crippen molar-refractivity contribution in [1.82, 2.24) is 4.47 Å². The standard InChI is InChI=1S/C15H17NO5S/c17-14-13(11-7-3-1-4-8-11)15(18)21-16(14)22(19,20)12-9-5-2-6-10-12/h2,5-6,9-11,13H,1,3-4,7-8H2. The average Bonchev–Trinajstić information content (AvgIpc) is 2.84. The zero-order valence-electron chi connectivity index (χ0n) is 12.0. The van der Waals surface area contributed by atoms with Crippen molar-refractivity contribution in [2.45, 2.75) is 37.0 Å². The molecule has 7 heteroatoms. The molecule has 1 heterocycles. The Kier molecular flexibility index (Phi) is 3.90. The Labute approximate surface area is 129 Å². The quantitative estimate of drug-likeness (QED) is 0.793. The van der Waals surface area contributed by atoms with Crippen molar-refractivity contribution in [3.05, 3.63) is 30.3 Å². The number of amides is 1. The summed E-state index contributed by atoms with van der Waals surface area (Å²) in [5.74, 6) is -2.62. The topological polar surface area (TPSA) is 80.8 Å². The fourth-order valence-electron chi connectivity index (χ4n) is 3.12.